The van der Waals surface area contributed by atoms with Crippen LogP contribution in [0, 0.1) is 5.41 Å². The van der Waals surface area contributed by atoms with Crippen LogP contribution in [0.15, 0.2) is 10.6 Å². The van der Waals surface area contributed by atoms with E-state index in [1.807, 2.05) is 13.8 Å². The lowest BCUT2D eigenvalue weighted by molar-refractivity contribution is -0.137. The van der Waals surface area contributed by atoms with Gasteiger partial charge in [0.25, 0.3) is 5.91 Å². The third kappa shape index (κ3) is 4.88. The minimum Gasteiger partial charge on any atom is -0.481 e. The molecule has 6 heteroatoms. The highest BCUT2D eigenvalue weighted by atomic mass is 16.5. The number of carboxylic acid groups (broad SMARTS) is 1. The fraction of sp³-hybridized carbons (Fsp3) is 0.667. The van der Waals surface area contributed by atoms with Gasteiger partial charge in [0.2, 0.25) is 0 Å². The van der Waals surface area contributed by atoms with Crippen LogP contribution in [0.3, 0.4) is 0 Å². The molecule has 0 unspecified atom stereocenters. The number of amides is 1. The summed E-state index contributed by atoms with van der Waals surface area (Å²) in [7, 11) is 0. The zero-order valence-electron chi connectivity index (χ0n) is 12.5. The maximum absolute atomic E-state index is 11.9. The van der Waals surface area contributed by atoms with Gasteiger partial charge in [-0.1, -0.05) is 19.0 Å². The first-order chi connectivity index (χ1) is 9.87. The molecule has 21 heavy (non-hydrogen) atoms. The van der Waals surface area contributed by atoms with Crippen molar-refractivity contribution in [2.75, 3.05) is 6.54 Å². The van der Waals surface area contributed by atoms with E-state index in [0.29, 0.717) is 24.6 Å². The Kier molecular flexibility index (Phi) is 4.65. The van der Waals surface area contributed by atoms with E-state index in [2.05, 4.69) is 10.5 Å². The lowest BCUT2D eigenvalue weighted by atomic mass is 9.84. The summed E-state index contributed by atoms with van der Waals surface area (Å²) in [6.07, 6.45) is 3.67. The SMILES string of the molecule is CC(C)(CCNC(=O)c1cc(C2CC2)on1)CCC(=O)O. The maximum atomic E-state index is 11.9. The smallest absolute Gasteiger partial charge is 0.303 e. The second kappa shape index (κ2) is 6.28. The number of hydrogen-bond acceptors (Lipinski definition) is 4. The van der Waals surface area contributed by atoms with E-state index in [4.69, 9.17) is 9.63 Å². The van der Waals surface area contributed by atoms with Crippen LogP contribution in [0.4, 0.5) is 0 Å². The molecule has 1 aromatic rings. The third-order valence-electron chi connectivity index (χ3n) is 3.84. The molecule has 116 valence electrons. The number of hydrogen-bond donors (Lipinski definition) is 2. The predicted molar refractivity (Wildman–Crippen MR) is 76.1 cm³/mol. The van der Waals surface area contributed by atoms with Gasteiger partial charge < -0.3 is 14.9 Å². The number of carboxylic acids is 1. The molecular formula is C15H22N2O4. The van der Waals surface area contributed by atoms with E-state index in [1.54, 1.807) is 6.07 Å². The number of aliphatic carboxylic acids is 1. The summed E-state index contributed by atoms with van der Waals surface area (Å²) in [5.74, 6) is 0.206. The minimum atomic E-state index is -0.790. The van der Waals surface area contributed by atoms with Gasteiger partial charge in [-0.25, -0.2) is 0 Å². The van der Waals surface area contributed by atoms with Crippen molar-refractivity contribution in [1.29, 1.82) is 0 Å². The molecule has 0 bridgehead atoms. The number of nitrogens with zero attached hydrogens (tertiary/aromatic N) is 1. The van der Waals surface area contributed by atoms with E-state index >= 15 is 0 Å². The Hall–Kier alpha value is -1.85. The summed E-state index contributed by atoms with van der Waals surface area (Å²) in [6.45, 7) is 4.50. The average molecular weight is 294 g/mol. The Morgan fingerprint density at radius 2 is 2.14 bits per heavy atom. The van der Waals surface area contributed by atoms with Crippen LogP contribution in [-0.4, -0.2) is 28.7 Å². The normalized spacial score (nSPS) is 15.0. The lowest BCUT2D eigenvalue weighted by Gasteiger charge is -2.23. The molecule has 2 N–H and O–H groups in total. The standard InChI is InChI=1S/C15H22N2O4/c1-15(2,6-5-13(18)19)7-8-16-14(20)11-9-12(21-17-11)10-3-4-10/h9-10H,3-8H2,1-2H3,(H,16,20)(H,18,19). The molecule has 0 saturated heterocycles. The molecular weight excluding hydrogens is 272 g/mol. The molecule has 2 rings (SSSR count). The Morgan fingerprint density at radius 3 is 2.76 bits per heavy atom. The van der Waals surface area contributed by atoms with Crippen LogP contribution in [-0.2, 0) is 4.79 Å². The molecule has 0 atom stereocenters. The van der Waals surface area contributed by atoms with Crippen LogP contribution in [0.2, 0.25) is 0 Å². The van der Waals surface area contributed by atoms with Gasteiger partial charge >= 0.3 is 5.97 Å². The average Bonchev–Trinajstić information content (AvgIpc) is 3.14. The van der Waals surface area contributed by atoms with Crippen molar-refractivity contribution in [3.63, 3.8) is 0 Å². The van der Waals surface area contributed by atoms with E-state index < -0.39 is 5.97 Å². The van der Waals surface area contributed by atoms with Crippen molar-refractivity contribution in [2.45, 2.75) is 51.9 Å². The first-order valence-corrected chi connectivity index (χ1v) is 7.34. The topological polar surface area (TPSA) is 92.4 Å². The number of carbonyl (C=O) groups excluding carboxylic acids is 1. The molecule has 0 aliphatic heterocycles. The van der Waals surface area contributed by atoms with Gasteiger partial charge in [-0.15, -0.1) is 0 Å². The fourth-order valence-corrected chi connectivity index (χ4v) is 2.13. The largest absolute Gasteiger partial charge is 0.481 e. The van der Waals surface area contributed by atoms with Gasteiger partial charge in [-0.05, 0) is 31.1 Å². The minimum absolute atomic E-state index is 0.116. The number of carbonyl (C=O) groups is 2. The van der Waals surface area contributed by atoms with Gasteiger partial charge in [0.15, 0.2) is 5.69 Å². The van der Waals surface area contributed by atoms with Crippen LogP contribution in [0.25, 0.3) is 0 Å². The summed E-state index contributed by atoms with van der Waals surface area (Å²) in [5.41, 5.74) is 0.203. The van der Waals surface area contributed by atoms with Gasteiger partial charge in [0.05, 0.1) is 0 Å². The van der Waals surface area contributed by atoms with Crippen LogP contribution in [0.5, 0.6) is 0 Å². The van der Waals surface area contributed by atoms with E-state index in [1.165, 1.54) is 0 Å². The molecule has 0 aromatic carbocycles. The quantitative estimate of drug-likeness (QED) is 0.768. The zero-order valence-corrected chi connectivity index (χ0v) is 12.5. The molecule has 0 spiro atoms. The van der Waals surface area contributed by atoms with Gasteiger partial charge in [0, 0.05) is 24.9 Å². The van der Waals surface area contributed by atoms with Crippen molar-refractivity contribution in [1.82, 2.24) is 10.5 Å². The zero-order chi connectivity index (χ0) is 15.5. The van der Waals surface area contributed by atoms with Gasteiger partial charge in [-0.3, -0.25) is 9.59 Å². The summed E-state index contributed by atoms with van der Waals surface area (Å²) in [6, 6.07) is 1.71. The molecule has 1 aromatic heterocycles. The molecule has 1 saturated carbocycles. The Bertz CT molecular complexity index is 517. The molecule has 1 fully saturated rings. The highest BCUT2D eigenvalue weighted by Gasteiger charge is 2.29. The van der Waals surface area contributed by atoms with E-state index in [0.717, 1.165) is 25.0 Å². The monoisotopic (exact) mass is 294 g/mol. The third-order valence-corrected chi connectivity index (χ3v) is 3.84. The number of aromatic nitrogens is 1. The van der Waals surface area contributed by atoms with Crippen molar-refractivity contribution < 1.29 is 19.2 Å². The van der Waals surface area contributed by atoms with Crippen LogP contribution < -0.4 is 5.32 Å². The highest BCUT2D eigenvalue weighted by molar-refractivity contribution is 5.92. The summed E-state index contributed by atoms with van der Waals surface area (Å²) in [4.78, 5) is 22.5. The lowest BCUT2D eigenvalue weighted by Crippen LogP contribution is -2.28. The van der Waals surface area contributed by atoms with Gasteiger partial charge in [0.1, 0.15) is 5.76 Å². The molecule has 6 nitrogen and oxygen atoms in total. The van der Waals surface area contributed by atoms with Crippen LogP contribution in [0.1, 0.15) is 68.1 Å². The van der Waals surface area contributed by atoms with Crippen molar-refractivity contribution >= 4 is 11.9 Å². The number of nitrogens with one attached hydrogen (secondary N) is 1. The Labute approximate surface area is 123 Å². The van der Waals surface area contributed by atoms with E-state index in [-0.39, 0.29) is 17.7 Å². The highest BCUT2D eigenvalue weighted by Crippen LogP contribution is 2.40. The van der Waals surface area contributed by atoms with E-state index in [9.17, 15) is 9.59 Å². The van der Waals surface area contributed by atoms with Crippen LogP contribution >= 0.6 is 0 Å². The van der Waals surface area contributed by atoms with Gasteiger partial charge in [-0.2, -0.15) is 0 Å². The molecule has 1 heterocycles. The Morgan fingerprint density at radius 1 is 1.43 bits per heavy atom. The second-order valence-electron chi connectivity index (χ2n) is 6.45. The molecule has 1 aliphatic rings. The first-order valence-electron chi connectivity index (χ1n) is 7.34. The second-order valence-corrected chi connectivity index (χ2v) is 6.45. The molecule has 1 aliphatic carbocycles. The van der Waals surface area contributed by atoms with Crippen molar-refractivity contribution in [3.8, 4) is 0 Å². The first kappa shape index (κ1) is 15.5. The fourth-order valence-electron chi connectivity index (χ4n) is 2.13. The summed E-state index contributed by atoms with van der Waals surface area (Å²) in [5, 5.41) is 15.3. The molecule has 0 radical (unpaired) electrons. The predicted octanol–water partition coefficient (Wildman–Crippen LogP) is 2.56. The number of rotatable bonds is 8. The van der Waals surface area contributed by atoms with Crippen molar-refractivity contribution in [2.24, 2.45) is 5.41 Å². The Balaban J connectivity index is 1.73. The van der Waals surface area contributed by atoms with Crippen molar-refractivity contribution in [3.05, 3.63) is 17.5 Å². The maximum Gasteiger partial charge on any atom is 0.303 e. The summed E-state index contributed by atoms with van der Waals surface area (Å²) < 4.78 is 5.15. The molecule has 1 amide bonds. The summed E-state index contributed by atoms with van der Waals surface area (Å²) >= 11 is 0.